The van der Waals surface area contributed by atoms with Crippen molar-refractivity contribution in [2.45, 2.75) is 18.9 Å². The molecule has 1 unspecified atom stereocenters. The Morgan fingerprint density at radius 1 is 0.964 bits per heavy atom. The lowest BCUT2D eigenvalue weighted by atomic mass is 10.0. The third-order valence-corrected chi connectivity index (χ3v) is 5.13. The van der Waals surface area contributed by atoms with Gasteiger partial charge in [-0.25, -0.2) is 0 Å². The normalized spacial score (nSPS) is 15.1. The predicted molar refractivity (Wildman–Crippen MR) is 108 cm³/mol. The van der Waals surface area contributed by atoms with Crippen LogP contribution in [0.1, 0.15) is 34.8 Å². The zero-order chi connectivity index (χ0) is 19.9. The Morgan fingerprint density at radius 2 is 1.61 bits per heavy atom. The van der Waals surface area contributed by atoms with Crippen LogP contribution >= 0.6 is 0 Å². The van der Waals surface area contributed by atoms with E-state index in [0.29, 0.717) is 23.6 Å². The largest absolute Gasteiger partial charge is 0.497 e. The van der Waals surface area contributed by atoms with Gasteiger partial charge < -0.3 is 19.5 Å². The molecule has 1 saturated heterocycles. The van der Waals surface area contributed by atoms with Crippen molar-refractivity contribution in [1.29, 1.82) is 0 Å². The predicted octanol–water partition coefficient (Wildman–Crippen LogP) is 3.28. The standard InChI is InChI=1S/C22H28N2O4/c1-26-18-8-6-7-16(11-18)21(24-9-4-5-10-24)15-23-22(25)17-12-19(27-2)14-20(13-17)28-3/h6-8,11-14,21H,4-5,9-10,15H2,1-3H3,(H,23,25). The Kier molecular flexibility index (Phi) is 6.76. The molecule has 1 N–H and O–H groups in total. The average Bonchev–Trinajstić information content (AvgIpc) is 3.28. The fourth-order valence-electron chi connectivity index (χ4n) is 3.59. The summed E-state index contributed by atoms with van der Waals surface area (Å²) < 4.78 is 15.9. The number of nitrogens with zero attached hydrogens (tertiary/aromatic N) is 1. The highest BCUT2D eigenvalue weighted by Gasteiger charge is 2.24. The summed E-state index contributed by atoms with van der Waals surface area (Å²) in [6.45, 7) is 2.58. The number of ether oxygens (including phenoxy) is 3. The average molecular weight is 384 g/mol. The first-order valence-electron chi connectivity index (χ1n) is 9.54. The minimum atomic E-state index is -0.149. The summed E-state index contributed by atoms with van der Waals surface area (Å²) in [5, 5.41) is 3.08. The maximum absolute atomic E-state index is 12.8. The quantitative estimate of drug-likeness (QED) is 0.757. The van der Waals surface area contributed by atoms with Crippen LogP contribution in [0.3, 0.4) is 0 Å². The van der Waals surface area contributed by atoms with Gasteiger partial charge >= 0.3 is 0 Å². The van der Waals surface area contributed by atoms with Gasteiger partial charge in [-0.3, -0.25) is 9.69 Å². The molecular formula is C22H28N2O4. The minimum absolute atomic E-state index is 0.106. The fraction of sp³-hybridized carbons (Fsp3) is 0.409. The van der Waals surface area contributed by atoms with Crippen molar-refractivity contribution in [3.63, 3.8) is 0 Å². The summed E-state index contributed by atoms with van der Waals surface area (Å²) in [5.74, 6) is 1.86. The second-order valence-corrected chi connectivity index (χ2v) is 6.85. The maximum Gasteiger partial charge on any atom is 0.251 e. The zero-order valence-electron chi connectivity index (χ0n) is 16.7. The van der Waals surface area contributed by atoms with Gasteiger partial charge in [0, 0.05) is 18.2 Å². The van der Waals surface area contributed by atoms with E-state index < -0.39 is 0 Å². The second-order valence-electron chi connectivity index (χ2n) is 6.85. The van der Waals surface area contributed by atoms with Crippen LogP contribution in [-0.2, 0) is 0 Å². The lowest BCUT2D eigenvalue weighted by Crippen LogP contribution is -2.36. The molecule has 1 aliphatic rings. The summed E-state index contributed by atoms with van der Waals surface area (Å²) >= 11 is 0. The van der Waals surface area contributed by atoms with Gasteiger partial charge in [0.25, 0.3) is 5.91 Å². The molecule has 1 fully saturated rings. The van der Waals surface area contributed by atoms with Gasteiger partial charge in [-0.15, -0.1) is 0 Å². The summed E-state index contributed by atoms with van der Waals surface area (Å²) in [5.41, 5.74) is 1.66. The van der Waals surface area contributed by atoms with E-state index in [4.69, 9.17) is 14.2 Å². The molecular weight excluding hydrogens is 356 g/mol. The smallest absolute Gasteiger partial charge is 0.251 e. The molecule has 6 heteroatoms. The van der Waals surface area contributed by atoms with Crippen LogP contribution in [-0.4, -0.2) is 51.8 Å². The number of benzene rings is 2. The number of likely N-dealkylation sites (tertiary alicyclic amines) is 1. The molecule has 0 saturated carbocycles. The number of amides is 1. The van der Waals surface area contributed by atoms with Crippen LogP contribution in [0.25, 0.3) is 0 Å². The Balaban J connectivity index is 1.77. The van der Waals surface area contributed by atoms with Crippen LogP contribution < -0.4 is 19.5 Å². The Labute approximate surface area is 166 Å². The Bertz CT molecular complexity index is 781. The van der Waals surface area contributed by atoms with Crippen LogP contribution in [0, 0.1) is 0 Å². The van der Waals surface area contributed by atoms with E-state index in [9.17, 15) is 4.79 Å². The number of nitrogens with one attached hydrogen (secondary N) is 1. The second kappa shape index (κ2) is 9.46. The van der Waals surface area contributed by atoms with Gasteiger partial charge in [0.05, 0.1) is 27.4 Å². The first-order chi connectivity index (χ1) is 13.6. The Morgan fingerprint density at radius 3 is 2.21 bits per heavy atom. The maximum atomic E-state index is 12.8. The minimum Gasteiger partial charge on any atom is -0.497 e. The van der Waals surface area contributed by atoms with E-state index >= 15 is 0 Å². The molecule has 1 atom stereocenters. The first-order valence-corrected chi connectivity index (χ1v) is 9.54. The molecule has 0 aliphatic carbocycles. The van der Waals surface area contributed by atoms with Crippen molar-refractivity contribution in [2.24, 2.45) is 0 Å². The summed E-state index contributed by atoms with van der Waals surface area (Å²) in [6.07, 6.45) is 2.36. The monoisotopic (exact) mass is 384 g/mol. The van der Waals surface area contributed by atoms with Gasteiger partial charge in [-0.2, -0.15) is 0 Å². The van der Waals surface area contributed by atoms with Crippen molar-refractivity contribution in [1.82, 2.24) is 10.2 Å². The summed E-state index contributed by atoms with van der Waals surface area (Å²) in [4.78, 5) is 15.2. The molecule has 3 rings (SSSR count). The molecule has 1 heterocycles. The summed E-state index contributed by atoms with van der Waals surface area (Å²) in [7, 11) is 4.81. The third kappa shape index (κ3) is 4.75. The Hall–Kier alpha value is -2.73. The molecule has 0 aromatic heterocycles. The van der Waals surface area contributed by atoms with Crippen LogP contribution in [0.5, 0.6) is 17.2 Å². The zero-order valence-corrected chi connectivity index (χ0v) is 16.7. The number of methoxy groups -OCH3 is 3. The van der Waals surface area contributed by atoms with E-state index in [1.165, 1.54) is 12.8 Å². The number of hydrogen-bond donors (Lipinski definition) is 1. The van der Waals surface area contributed by atoms with Crippen molar-refractivity contribution in [3.05, 3.63) is 53.6 Å². The van der Waals surface area contributed by atoms with Crippen LogP contribution in [0.15, 0.2) is 42.5 Å². The molecule has 0 bridgehead atoms. The van der Waals surface area contributed by atoms with E-state index in [-0.39, 0.29) is 11.9 Å². The van der Waals surface area contributed by atoms with Crippen molar-refractivity contribution in [2.75, 3.05) is 41.0 Å². The number of rotatable bonds is 8. The van der Waals surface area contributed by atoms with Crippen molar-refractivity contribution < 1.29 is 19.0 Å². The van der Waals surface area contributed by atoms with E-state index in [0.717, 1.165) is 24.4 Å². The molecule has 2 aromatic rings. The molecule has 0 radical (unpaired) electrons. The van der Waals surface area contributed by atoms with Crippen LogP contribution in [0.4, 0.5) is 0 Å². The summed E-state index contributed by atoms with van der Waals surface area (Å²) in [6, 6.07) is 13.4. The highest BCUT2D eigenvalue weighted by Crippen LogP contribution is 2.27. The number of hydrogen-bond acceptors (Lipinski definition) is 5. The van der Waals surface area contributed by atoms with E-state index in [2.05, 4.69) is 16.3 Å². The molecule has 0 spiro atoms. The lowest BCUT2D eigenvalue weighted by Gasteiger charge is -2.28. The topological polar surface area (TPSA) is 60.0 Å². The van der Waals surface area contributed by atoms with E-state index in [1.54, 1.807) is 39.5 Å². The van der Waals surface area contributed by atoms with Gasteiger partial charge in [0.2, 0.25) is 0 Å². The molecule has 6 nitrogen and oxygen atoms in total. The highest BCUT2D eigenvalue weighted by molar-refractivity contribution is 5.95. The van der Waals surface area contributed by atoms with Gasteiger partial charge in [0.1, 0.15) is 17.2 Å². The van der Waals surface area contributed by atoms with Crippen molar-refractivity contribution in [3.8, 4) is 17.2 Å². The van der Waals surface area contributed by atoms with Crippen molar-refractivity contribution >= 4 is 5.91 Å². The fourth-order valence-corrected chi connectivity index (χ4v) is 3.59. The third-order valence-electron chi connectivity index (χ3n) is 5.13. The van der Waals surface area contributed by atoms with Gasteiger partial charge in [-0.05, 0) is 55.8 Å². The molecule has 150 valence electrons. The number of carbonyl (C=O) groups is 1. The van der Waals surface area contributed by atoms with E-state index in [1.807, 2.05) is 18.2 Å². The SMILES string of the molecule is COc1cc(OC)cc(C(=O)NCC(c2cccc(OC)c2)N2CCCC2)c1. The van der Waals surface area contributed by atoms with Gasteiger partial charge in [0.15, 0.2) is 0 Å². The molecule has 28 heavy (non-hydrogen) atoms. The lowest BCUT2D eigenvalue weighted by molar-refractivity contribution is 0.0937. The molecule has 1 aliphatic heterocycles. The van der Waals surface area contributed by atoms with Gasteiger partial charge in [-0.1, -0.05) is 12.1 Å². The first kappa shape index (κ1) is 20.0. The molecule has 2 aromatic carbocycles. The number of carbonyl (C=O) groups excluding carboxylic acids is 1. The molecule has 1 amide bonds. The van der Waals surface area contributed by atoms with Crippen LogP contribution in [0.2, 0.25) is 0 Å². The highest BCUT2D eigenvalue weighted by atomic mass is 16.5.